The summed E-state index contributed by atoms with van der Waals surface area (Å²) >= 11 is 0. The number of nitrogens with two attached hydrogens (primary N) is 1. The second-order valence-corrected chi connectivity index (χ2v) is 6.37. The van der Waals surface area contributed by atoms with Crippen LogP contribution in [-0.4, -0.2) is 30.1 Å². The van der Waals surface area contributed by atoms with Gasteiger partial charge in [-0.1, -0.05) is 32.6 Å². The molecule has 0 radical (unpaired) electrons. The van der Waals surface area contributed by atoms with Crippen LogP contribution in [0.1, 0.15) is 64.7 Å². The van der Waals surface area contributed by atoms with Crippen LogP contribution in [0.2, 0.25) is 0 Å². The maximum atomic E-state index is 6.18. The molecule has 0 spiro atoms. The zero-order chi connectivity index (χ0) is 12.1. The molecule has 0 aromatic carbocycles. The third-order valence-electron chi connectivity index (χ3n) is 5.10. The molecule has 0 amide bonds. The highest BCUT2D eigenvalue weighted by Gasteiger charge is 2.36. The summed E-state index contributed by atoms with van der Waals surface area (Å²) in [5.41, 5.74) is 6.54. The molecule has 1 aliphatic carbocycles. The third-order valence-corrected chi connectivity index (χ3v) is 5.10. The Bertz CT molecular complexity index is 219. The molecule has 1 saturated heterocycles. The summed E-state index contributed by atoms with van der Waals surface area (Å²) in [5, 5.41) is 0. The minimum Gasteiger partial charge on any atom is -0.329 e. The molecule has 2 aliphatic rings. The smallest absolute Gasteiger partial charge is 0.0331 e. The lowest BCUT2D eigenvalue weighted by atomic mass is 9.88. The van der Waals surface area contributed by atoms with Crippen molar-refractivity contribution in [1.29, 1.82) is 0 Å². The van der Waals surface area contributed by atoms with Gasteiger partial charge in [-0.05, 0) is 51.1 Å². The molecule has 2 N–H and O–H groups in total. The Balaban J connectivity index is 2.04. The zero-order valence-electron chi connectivity index (χ0n) is 11.6. The summed E-state index contributed by atoms with van der Waals surface area (Å²) in [7, 11) is 0. The van der Waals surface area contributed by atoms with E-state index in [9.17, 15) is 0 Å². The SMILES string of the molecule is CC1CCCN(C2(CN)CCCCCC2)CC1. The van der Waals surface area contributed by atoms with E-state index in [0.717, 1.165) is 12.5 Å². The molecular weight excluding hydrogens is 208 g/mol. The van der Waals surface area contributed by atoms with Crippen molar-refractivity contribution in [1.82, 2.24) is 4.90 Å². The molecule has 0 aromatic heterocycles. The summed E-state index contributed by atoms with van der Waals surface area (Å²) in [4.78, 5) is 2.77. The first-order valence-corrected chi connectivity index (χ1v) is 7.72. The van der Waals surface area contributed by atoms with Crippen LogP contribution in [0.15, 0.2) is 0 Å². The van der Waals surface area contributed by atoms with E-state index >= 15 is 0 Å². The van der Waals surface area contributed by atoms with Gasteiger partial charge in [-0.2, -0.15) is 0 Å². The van der Waals surface area contributed by atoms with Crippen molar-refractivity contribution in [2.24, 2.45) is 11.7 Å². The van der Waals surface area contributed by atoms with Gasteiger partial charge in [0.2, 0.25) is 0 Å². The van der Waals surface area contributed by atoms with E-state index < -0.39 is 0 Å². The average molecular weight is 238 g/mol. The van der Waals surface area contributed by atoms with Crippen LogP contribution in [0.5, 0.6) is 0 Å². The third kappa shape index (κ3) is 3.23. The van der Waals surface area contributed by atoms with Crippen molar-refractivity contribution in [3.63, 3.8) is 0 Å². The fourth-order valence-electron chi connectivity index (χ4n) is 3.77. The van der Waals surface area contributed by atoms with Crippen molar-refractivity contribution >= 4 is 0 Å². The molecule has 0 bridgehead atoms. The molecule has 1 saturated carbocycles. The zero-order valence-corrected chi connectivity index (χ0v) is 11.6. The standard InChI is InChI=1S/C15H30N2/c1-14-7-6-11-17(12-8-14)15(13-16)9-4-2-3-5-10-15/h14H,2-13,16H2,1H3. The van der Waals surface area contributed by atoms with E-state index in [1.807, 2.05) is 0 Å². The van der Waals surface area contributed by atoms with Crippen molar-refractivity contribution < 1.29 is 0 Å². The van der Waals surface area contributed by atoms with E-state index in [-0.39, 0.29) is 0 Å². The predicted octanol–water partition coefficient (Wildman–Crippen LogP) is 3.16. The van der Waals surface area contributed by atoms with Crippen molar-refractivity contribution in [3.05, 3.63) is 0 Å². The monoisotopic (exact) mass is 238 g/mol. The molecule has 2 rings (SSSR count). The van der Waals surface area contributed by atoms with Crippen LogP contribution in [0.4, 0.5) is 0 Å². The number of rotatable bonds is 2. The minimum absolute atomic E-state index is 0.362. The summed E-state index contributed by atoms with van der Waals surface area (Å²) in [5.74, 6) is 0.917. The van der Waals surface area contributed by atoms with E-state index in [0.29, 0.717) is 5.54 Å². The maximum absolute atomic E-state index is 6.18. The summed E-state index contributed by atoms with van der Waals surface area (Å²) in [6.07, 6.45) is 12.5. The maximum Gasteiger partial charge on any atom is 0.0331 e. The van der Waals surface area contributed by atoms with Crippen LogP contribution in [-0.2, 0) is 0 Å². The molecule has 2 nitrogen and oxygen atoms in total. The number of hydrogen-bond donors (Lipinski definition) is 1. The molecule has 1 heterocycles. The first-order chi connectivity index (χ1) is 8.27. The van der Waals surface area contributed by atoms with Gasteiger partial charge in [-0.3, -0.25) is 4.90 Å². The van der Waals surface area contributed by atoms with Gasteiger partial charge in [0.1, 0.15) is 0 Å². The number of likely N-dealkylation sites (tertiary alicyclic amines) is 1. The Morgan fingerprint density at radius 1 is 1.00 bits per heavy atom. The van der Waals surface area contributed by atoms with E-state index in [1.54, 1.807) is 0 Å². The van der Waals surface area contributed by atoms with Crippen LogP contribution < -0.4 is 5.73 Å². The van der Waals surface area contributed by atoms with Crippen LogP contribution in [0.25, 0.3) is 0 Å². The molecule has 1 atom stereocenters. The number of nitrogens with zero attached hydrogens (tertiary/aromatic N) is 1. The van der Waals surface area contributed by atoms with Gasteiger partial charge >= 0.3 is 0 Å². The molecule has 2 heteroatoms. The first-order valence-electron chi connectivity index (χ1n) is 7.72. The Hall–Kier alpha value is -0.0800. The van der Waals surface area contributed by atoms with Crippen molar-refractivity contribution in [2.75, 3.05) is 19.6 Å². The first kappa shape index (κ1) is 13.4. The Morgan fingerprint density at radius 3 is 2.35 bits per heavy atom. The fourth-order valence-corrected chi connectivity index (χ4v) is 3.77. The van der Waals surface area contributed by atoms with Crippen LogP contribution in [0.3, 0.4) is 0 Å². The van der Waals surface area contributed by atoms with E-state index in [4.69, 9.17) is 5.73 Å². The molecule has 0 aromatic rings. The predicted molar refractivity (Wildman–Crippen MR) is 74.1 cm³/mol. The van der Waals surface area contributed by atoms with Gasteiger partial charge in [0, 0.05) is 12.1 Å². The molecule has 100 valence electrons. The topological polar surface area (TPSA) is 29.3 Å². The Morgan fingerprint density at radius 2 is 1.71 bits per heavy atom. The van der Waals surface area contributed by atoms with Gasteiger partial charge in [-0.15, -0.1) is 0 Å². The average Bonchev–Trinajstić information content (AvgIpc) is 2.70. The summed E-state index contributed by atoms with van der Waals surface area (Å²) in [6, 6.07) is 0. The Labute approximate surface area is 107 Å². The minimum atomic E-state index is 0.362. The summed E-state index contributed by atoms with van der Waals surface area (Å²) < 4.78 is 0. The van der Waals surface area contributed by atoms with Gasteiger partial charge in [-0.25, -0.2) is 0 Å². The summed E-state index contributed by atoms with van der Waals surface area (Å²) in [6.45, 7) is 5.87. The molecule has 1 unspecified atom stereocenters. The van der Waals surface area contributed by atoms with Gasteiger partial charge < -0.3 is 5.73 Å². The molecule has 17 heavy (non-hydrogen) atoms. The fraction of sp³-hybridized carbons (Fsp3) is 1.00. The Kier molecular flexibility index (Phi) is 4.87. The second kappa shape index (κ2) is 6.19. The normalized spacial score (nSPS) is 31.8. The molecule has 2 fully saturated rings. The van der Waals surface area contributed by atoms with Gasteiger partial charge in [0.05, 0.1) is 0 Å². The second-order valence-electron chi connectivity index (χ2n) is 6.37. The van der Waals surface area contributed by atoms with Crippen molar-refractivity contribution in [2.45, 2.75) is 70.3 Å². The molecule has 1 aliphatic heterocycles. The largest absolute Gasteiger partial charge is 0.329 e. The van der Waals surface area contributed by atoms with E-state index in [1.165, 1.54) is 70.9 Å². The quantitative estimate of drug-likeness (QED) is 0.749. The van der Waals surface area contributed by atoms with Crippen LogP contribution >= 0.6 is 0 Å². The van der Waals surface area contributed by atoms with Crippen LogP contribution in [0, 0.1) is 5.92 Å². The lowest BCUT2D eigenvalue weighted by Crippen LogP contribution is -2.54. The molecular formula is C15H30N2. The highest BCUT2D eigenvalue weighted by atomic mass is 15.2. The van der Waals surface area contributed by atoms with E-state index in [2.05, 4.69) is 11.8 Å². The highest BCUT2D eigenvalue weighted by Crippen LogP contribution is 2.34. The lowest BCUT2D eigenvalue weighted by Gasteiger charge is -2.43. The lowest BCUT2D eigenvalue weighted by molar-refractivity contribution is 0.0807. The van der Waals surface area contributed by atoms with Crippen molar-refractivity contribution in [3.8, 4) is 0 Å². The highest BCUT2D eigenvalue weighted by molar-refractivity contribution is 4.94. The number of hydrogen-bond acceptors (Lipinski definition) is 2. The van der Waals surface area contributed by atoms with Gasteiger partial charge in [0.25, 0.3) is 0 Å². The van der Waals surface area contributed by atoms with Gasteiger partial charge in [0.15, 0.2) is 0 Å².